The van der Waals surface area contributed by atoms with Crippen molar-refractivity contribution in [1.29, 1.82) is 0 Å². The molecule has 0 heterocycles. The Balaban J connectivity index is 1.96. The summed E-state index contributed by atoms with van der Waals surface area (Å²) in [5.41, 5.74) is 7.12. The summed E-state index contributed by atoms with van der Waals surface area (Å²) in [5.74, 6) is -0.0633. The van der Waals surface area contributed by atoms with Gasteiger partial charge in [0.1, 0.15) is 0 Å². The molecule has 2 rings (SSSR count). The van der Waals surface area contributed by atoms with Crippen LogP contribution in [0, 0.1) is 5.41 Å². The minimum atomic E-state index is -0.0633. The number of carbonyl (C=O) groups is 1. The fourth-order valence-electron chi connectivity index (χ4n) is 2.48. The lowest BCUT2D eigenvalue weighted by molar-refractivity contribution is 0.0909. The Morgan fingerprint density at radius 3 is 2.58 bits per heavy atom. The third kappa shape index (κ3) is 3.63. The van der Waals surface area contributed by atoms with Crippen molar-refractivity contribution in [2.75, 3.05) is 5.73 Å². The molecular weight excluding hydrogens is 260 g/mol. The average Bonchev–Trinajstić information content (AvgIpc) is 2.35. The van der Waals surface area contributed by atoms with Crippen LogP contribution in [0.3, 0.4) is 0 Å². The lowest BCUT2D eigenvalue weighted by atomic mass is 9.75. The number of nitrogens with one attached hydrogen (secondary N) is 1. The zero-order valence-electron chi connectivity index (χ0n) is 11.5. The van der Waals surface area contributed by atoms with Crippen molar-refractivity contribution >= 4 is 23.2 Å². The lowest BCUT2D eigenvalue weighted by Gasteiger charge is -2.34. The van der Waals surface area contributed by atoms with Gasteiger partial charge in [-0.1, -0.05) is 25.4 Å². The number of halogens is 1. The monoisotopic (exact) mass is 280 g/mol. The van der Waals surface area contributed by atoms with Crippen LogP contribution in [0.1, 0.15) is 49.9 Å². The minimum Gasteiger partial charge on any atom is -0.398 e. The van der Waals surface area contributed by atoms with E-state index in [4.69, 9.17) is 17.3 Å². The highest BCUT2D eigenvalue weighted by atomic mass is 35.5. The predicted octanol–water partition coefficient (Wildman–Crippen LogP) is 3.62. The summed E-state index contributed by atoms with van der Waals surface area (Å²) in [5, 5.41) is 3.51. The number of amides is 1. The summed E-state index contributed by atoms with van der Waals surface area (Å²) in [4.78, 5) is 12.1. The number of hydrogen-bond donors (Lipinski definition) is 2. The van der Waals surface area contributed by atoms with E-state index < -0.39 is 0 Å². The molecule has 0 radical (unpaired) electrons. The molecular formula is C15H21ClN2O. The molecule has 0 bridgehead atoms. The highest BCUT2D eigenvalue weighted by Crippen LogP contribution is 2.35. The largest absolute Gasteiger partial charge is 0.398 e. The summed E-state index contributed by atoms with van der Waals surface area (Å²) in [7, 11) is 0. The van der Waals surface area contributed by atoms with Gasteiger partial charge in [-0.15, -0.1) is 0 Å². The number of benzene rings is 1. The van der Waals surface area contributed by atoms with Crippen LogP contribution in [-0.2, 0) is 0 Å². The van der Waals surface area contributed by atoms with E-state index in [-0.39, 0.29) is 11.9 Å². The van der Waals surface area contributed by atoms with Gasteiger partial charge in [0.05, 0.1) is 10.7 Å². The maximum absolute atomic E-state index is 12.1. The molecule has 0 unspecified atom stereocenters. The number of nitrogen functional groups attached to an aromatic ring is 1. The standard InChI is InChI=1S/C15H21ClN2O/c1-15(2)7-5-11(6-8-15)18-14(19)10-3-4-13(17)12(16)9-10/h3-4,9,11H,5-8,17H2,1-2H3,(H,18,19). The van der Waals surface area contributed by atoms with Crippen LogP contribution in [0.25, 0.3) is 0 Å². The van der Waals surface area contributed by atoms with Crippen molar-refractivity contribution in [3.05, 3.63) is 28.8 Å². The second-order valence-electron chi connectivity index (χ2n) is 6.15. The average molecular weight is 281 g/mol. The van der Waals surface area contributed by atoms with Crippen molar-refractivity contribution in [1.82, 2.24) is 5.32 Å². The summed E-state index contributed by atoms with van der Waals surface area (Å²) < 4.78 is 0. The normalized spacial score (nSPS) is 19.1. The van der Waals surface area contributed by atoms with Crippen LogP contribution in [0.4, 0.5) is 5.69 Å². The molecule has 19 heavy (non-hydrogen) atoms. The summed E-state index contributed by atoms with van der Waals surface area (Å²) in [6, 6.07) is 5.28. The summed E-state index contributed by atoms with van der Waals surface area (Å²) >= 11 is 5.93. The second-order valence-corrected chi connectivity index (χ2v) is 6.56. The molecule has 1 saturated carbocycles. The molecule has 1 aliphatic rings. The molecule has 1 amide bonds. The topological polar surface area (TPSA) is 55.1 Å². The van der Waals surface area contributed by atoms with Gasteiger partial charge in [0.25, 0.3) is 5.91 Å². The second kappa shape index (κ2) is 5.41. The zero-order valence-corrected chi connectivity index (χ0v) is 12.3. The number of hydrogen-bond acceptors (Lipinski definition) is 2. The van der Waals surface area contributed by atoms with E-state index in [1.54, 1.807) is 18.2 Å². The molecule has 0 atom stereocenters. The zero-order chi connectivity index (χ0) is 14.0. The summed E-state index contributed by atoms with van der Waals surface area (Å²) in [6.07, 6.45) is 4.39. The predicted molar refractivity (Wildman–Crippen MR) is 79.4 cm³/mol. The van der Waals surface area contributed by atoms with Crippen molar-refractivity contribution in [3.63, 3.8) is 0 Å². The Kier molecular flexibility index (Phi) is 4.04. The van der Waals surface area contributed by atoms with Gasteiger partial charge in [-0.25, -0.2) is 0 Å². The van der Waals surface area contributed by atoms with Crippen LogP contribution in [0.15, 0.2) is 18.2 Å². The molecule has 0 aromatic heterocycles. The van der Waals surface area contributed by atoms with Gasteiger partial charge < -0.3 is 11.1 Å². The Morgan fingerprint density at radius 1 is 1.37 bits per heavy atom. The van der Waals surface area contributed by atoms with E-state index in [0.29, 0.717) is 21.7 Å². The van der Waals surface area contributed by atoms with Crippen LogP contribution in [0.2, 0.25) is 5.02 Å². The Morgan fingerprint density at radius 2 is 2.00 bits per heavy atom. The maximum atomic E-state index is 12.1. The van der Waals surface area contributed by atoms with Crippen LogP contribution in [0.5, 0.6) is 0 Å². The fraction of sp³-hybridized carbons (Fsp3) is 0.533. The van der Waals surface area contributed by atoms with E-state index in [1.807, 2.05) is 0 Å². The molecule has 1 aromatic carbocycles. The molecule has 3 N–H and O–H groups in total. The van der Waals surface area contributed by atoms with Gasteiger partial charge in [-0.2, -0.15) is 0 Å². The Bertz CT molecular complexity index is 475. The number of anilines is 1. The first-order valence-corrected chi connectivity index (χ1v) is 7.11. The van der Waals surface area contributed by atoms with Crippen molar-refractivity contribution in [3.8, 4) is 0 Å². The highest BCUT2D eigenvalue weighted by molar-refractivity contribution is 6.33. The Hall–Kier alpha value is -1.22. The SMILES string of the molecule is CC1(C)CCC(NC(=O)c2ccc(N)c(Cl)c2)CC1. The van der Waals surface area contributed by atoms with E-state index in [9.17, 15) is 4.79 Å². The molecule has 1 aromatic rings. The Labute approximate surface area is 119 Å². The fourth-order valence-corrected chi connectivity index (χ4v) is 2.66. The molecule has 0 saturated heterocycles. The van der Waals surface area contributed by atoms with Crippen molar-refractivity contribution in [2.45, 2.75) is 45.6 Å². The van der Waals surface area contributed by atoms with E-state index in [2.05, 4.69) is 19.2 Å². The quantitative estimate of drug-likeness (QED) is 0.813. The van der Waals surface area contributed by atoms with Gasteiger partial charge in [-0.05, 0) is 49.3 Å². The number of rotatable bonds is 2. The van der Waals surface area contributed by atoms with Crippen LogP contribution < -0.4 is 11.1 Å². The van der Waals surface area contributed by atoms with Crippen LogP contribution >= 0.6 is 11.6 Å². The molecule has 1 fully saturated rings. The highest BCUT2D eigenvalue weighted by Gasteiger charge is 2.27. The van der Waals surface area contributed by atoms with Gasteiger partial charge in [0.2, 0.25) is 0 Å². The molecule has 4 heteroatoms. The van der Waals surface area contributed by atoms with Gasteiger partial charge in [0, 0.05) is 11.6 Å². The first kappa shape index (κ1) is 14.2. The lowest BCUT2D eigenvalue weighted by Crippen LogP contribution is -2.39. The van der Waals surface area contributed by atoms with E-state index >= 15 is 0 Å². The molecule has 0 spiro atoms. The number of carbonyl (C=O) groups excluding carboxylic acids is 1. The third-order valence-electron chi connectivity index (χ3n) is 3.94. The van der Waals surface area contributed by atoms with Crippen molar-refractivity contribution < 1.29 is 4.79 Å². The maximum Gasteiger partial charge on any atom is 0.251 e. The van der Waals surface area contributed by atoms with Crippen molar-refractivity contribution in [2.24, 2.45) is 5.41 Å². The summed E-state index contributed by atoms with van der Waals surface area (Å²) in [6.45, 7) is 4.57. The number of nitrogens with two attached hydrogens (primary N) is 1. The smallest absolute Gasteiger partial charge is 0.251 e. The molecule has 0 aliphatic heterocycles. The van der Waals surface area contributed by atoms with Gasteiger partial charge in [0.15, 0.2) is 0 Å². The van der Waals surface area contributed by atoms with E-state index in [1.165, 1.54) is 0 Å². The first-order valence-electron chi connectivity index (χ1n) is 6.73. The molecule has 1 aliphatic carbocycles. The van der Waals surface area contributed by atoms with E-state index in [0.717, 1.165) is 25.7 Å². The molecule has 3 nitrogen and oxygen atoms in total. The van der Waals surface area contributed by atoms with Crippen LogP contribution in [-0.4, -0.2) is 11.9 Å². The van der Waals surface area contributed by atoms with Gasteiger partial charge in [-0.3, -0.25) is 4.79 Å². The van der Waals surface area contributed by atoms with Gasteiger partial charge >= 0.3 is 0 Å². The first-order chi connectivity index (χ1) is 8.87. The third-order valence-corrected chi connectivity index (χ3v) is 4.26. The minimum absolute atomic E-state index is 0.0633. The molecule has 104 valence electrons.